The lowest BCUT2D eigenvalue weighted by molar-refractivity contribution is 0.102. The van der Waals surface area contributed by atoms with Crippen LogP contribution in [0.3, 0.4) is 0 Å². The first-order chi connectivity index (χ1) is 11.5. The summed E-state index contributed by atoms with van der Waals surface area (Å²) in [7, 11) is 0. The SMILES string of the molecule is Cc1cc(Nc2cc(C(=O)Nc3cccc(Cl)c3Cl)ncn2)no1. The van der Waals surface area contributed by atoms with E-state index in [4.69, 9.17) is 27.7 Å². The average molecular weight is 364 g/mol. The fourth-order valence-corrected chi connectivity index (χ4v) is 2.24. The van der Waals surface area contributed by atoms with Gasteiger partial charge in [0.1, 0.15) is 23.6 Å². The number of rotatable bonds is 4. The Morgan fingerprint density at radius 1 is 1.17 bits per heavy atom. The van der Waals surface area contributed by atoms with E-state index in [-0.39, 0.29) is 10.7 Å². The maximum atomic E-state index is 12.3. The number of nitrogens with one attached hydrogen (secondary N) is 2. The number of aryl methyl sites for hydroxylation is 1. The molecule has 3 rings (SSSR count). The van der Waals surface area contributed by atoms with Crippen molar-refractivity contribution in [3.63, 3.8) is 0 Å². The molecule has 0 aliphatic heterocycles. The topological polar surface area (TPSA) is 92.9 Å². The van der Waals surface area contributed by atoms with Gasteiger partial charge in [-0.15, -0.1) is 0 Å². The quantitative estimate of drug-likeness (QED) is 0.725. The van der Waals surface area contributed by atoms with Gasteiger partial charge in [0.05, 0.1) is 15.7 Å². The maximum Gasteiger partial charge on any atom is 0.274 e. The minimum Gasteiger partial charge on any atom is -0.360 e. The van der Waals surface area contributed by atoms with Crippen LogP contribution in [0.4, 0.5) is 17.3 Å². The molecule has 1 amide bonds. The summed E-state index contributed by atoms with van der Waals surface area (Å²) in [5.74, 6) is 1.09. The zero-order valence-corrected chi connectivity index (χ0v) is 13.9. The molecule has 0 radical (unpaired) electrons. The van der Waals surface area contributed by atoms with Crippen molar-refractivity contribution >= 4 is 46.4 Å². The number of anilines is 3. The zero-order valence-electron chi connectivity index (χ0n) is 12.4. The third-order valence-electron chi connectivity index (χ3n) is 2.98. The number of carbonyl (C=O) groups is 1. The minimum atomic E-state index is -0.444. The van der Waals surface area contributed by atoms with E-state index in [1.54, 1.807) is 31.2 Å². The van der Waals surface area contributed by atoms with Crippen LogP contribution in [0.5, 0.6) is 0 Å². The van der Waals surface area contributed by atoms with Gasteiger partial charge in [-0.1, -0.05) is 34.4 Å². The molecule has 3 aromatic rings. The molecule has 0 saturated carbocycles. The average Bonchev–Trinajstić information content (AvgIpc) is 2.97. The van der Waals surface area contributed by atoms with Crippen molar-refractivity contribution in [2.45, 2.75) is 6.92 Å². The van der Waals surface area contributed by atoms with Crippen molar-refractivity contribution < 1.29 is 9.32 Å². The van der Waals surface area contributed by atoms with Gasteiger partial charge < -0.3 is 15.2 Å². The van der Waals surface area contributed by atoms with E-state index >= 15 is 0 Å². The summed E-state index contributed by atoms with van der Waals surface area (Å²) in [4.78, 5) is 20.3. The molecular formula is C15H11Cl2N5O2. The summed E-state index contributed by atoms with van der Waals surface area (Å²) in [5, 5.41) is 9.98. The van der Waals surface area contributed by atoms with Gasteiger partial charge in [-0.3, -0.25) is 4.79 Å². The van der Waals surface area contributed by atoms with E-state index in [1.165, 1.54) is 12.4 Å². The molecule has 0 aliphatic carbocycles. The van der Waals surface area contributed by atoms with Crippen molar-refractivity contribution in [2.75, 3.05) is 10.6 Å². The van der Waals surface area contributed by atoms with Crippen molar-refractivity contribution in [1.82, 2.24) is 15.1 Å². The van der Waals surface area contributed by atoms with Crippen LogP contribution in [0.25, 0.3) is 0 Å². The van der Waals surface area contributed by atoms with E-state index in [0.717, 1.165) is 0 Å². The summed E-state index contributed by atoms with van der Waals surface area (Å²) >= 11 is 12.0. The predicted octanol–water partition coefficient (Wildman–Crippen LogP) is 4.08. The van der Waals surface area contributed by atoms with Crippen LogP contribution in [0.15, 0.2) is 41.2 Å². The van der Waals surface area contributed by atoms with Crippen LogP contribution in [-0.2, 0) is 0 Å². The normalized spacial score (nSPS) is 10.5. The highest BCUT2D eigenvalue weighted by molar-refractivity contribution is 6.44. The molecule has 0 unspecified atom stereocenters. The first kappa shape index (κ1) is 16.2. The van der Waals surface area contributed by atoms with E-state index in [1.807, 2.05) is 0 Å². The van der Waals surface area contributed by atoms with E-state index in [9.17, 15) is 4.79 Å². The molecule has 0 aliphatic rings. The van der Waals surface area contributed by atoms with Crippen LogP contribution in [0.2, 0.25) is 10.0 Å². The van der Waals surface area contributed by atoms with Gasteiger partial charge in [0.2, 0.25) is 0 Å². The van der Waals surface area contributed by atoms with Gasteiger partial charge in [0.15, 0.2) is 5.82 Å². The highest BCUT2D eigenvalue weighted by Gasteiger charge is 2.13. The molecule has 2 heterocycles. The summed E-state index contributed by atoms with van der Waals surface area (Å²) in [5.41, 5.74) is 0.554. The van der Waals surface area contributed by atoms with Gasteiger partial charge in [0, 0.05) is 12.1 Å². The van der Waals surface area contributed by atoms with Crippen LogP contribution < -0.4 is 10.6 Å². The highest BCUT2D eigenvalue weighted by atomic mass is 35.5. The lowest BCUT2D eigenvalue weighted by atomic mass is 10.3. The molecule has 24 heavy (non-hydrogen) atoms. The largest absolute Gasteiger partial charge is 0.360 e. The van der Waals surface area contributed by atoms with E-state index in [0.29, 0.717) is 28.1 Å². The predicted molar refractivity (Wildman–Crippen MR) is 91.0 cm³/mol. The highest BCUT2D eigenvalue weighted by Crippen LogP contribution is 2.29. The van der Waals surface area contributed by atoms with Crippen molar-refractivity contribution in [3.05, 3.63) is 58.2 Å². The molecular weight excluding hydrogens is 353 g/mol. The van der Waals surface area contributed by atoms with Gasteiger partial charge in [0.25, 0.3) is 5.91 Å². The Labute approximate surface area is 147 Å². The van der Waals surface area contributed by atoms with Gasteiger partial charge >= 0.3 is 0 Å². The number of halogens is 2. The van der Waals surface area contributed by atoms with Crippen LogP contribution >= 0.6 is 23.2 Å². The number of hydrogen-bond donors (Lipinski definition) is 2. The Morgan fingerprint density at radius 3 is 2.75 bits per heavy atom. The van der Waals surface area contributed by atoms with Crippen LogP contribution in [0, 0.1) is 6.92 Å². The Bertz CT molecular complexity index is 897. The third-order valence-corrected chi connectivity index (χ3v) is 3.80. The molecule has 0 spiro atoms. The van der Waals surface area contributed by atoms with Crippen LogP contribution in [-0.4, -0.2) is 21.0 Å². The lowest BCUT2D eigenvalue weighted by Gasteiger charge is -2.08. The summed E-state index contributed by atoms with van der Waals surface area (Å²) < 4.78 is 4.96. The number of hydrogen-bond acceptors (Lipinski definition) is 6. The third kappa shape index (κ3) is 3.64. The molecule has 0 fully saturated rings. The van der Waals surface area contributed by atoms with Gasteiger partial charge in [-0.05, 0) is 19.1 Å². The summed E-state index contributed by atoms with van der Waals surface area (Å²) in [6.07, 6.45) is 1.27. The second-order valence-electron chi connectivity index (χ2n) is 4.79. The fourth-order valence-electron chi connectivity index (χ4n) is 1.89. The molecule has 2 aromatic heterocycles. The molecule has 7 nitrogen and oxygen atoms in total. The minimum absolute atomic E-state index is 0.156. The first-order valence-electron chi connectivity index (χ1n) is 6.80. The molecule has 0 saturated heterocycles. The second-order valence-corrected chi connectivity index (χ2v) is 5.58. The Morgan fingerprint density at radius 2 is 2.00 bits per heavy atom. The lowest BCUT2D eigenvalue weighted by Crippen LogP contribution is -2.14. The fraction of sp³-hybridized carbons (Fsp3) is 0.0667. The molecule has 1 aromatic carbocycles. The maximum absolute atomic E-state index is 12.3. The monoisotopic (exact) mass is 363 g/mol. The Kier molecular flexibility index (Phi) is 4.64. The zero-order chi connectivity index (χ0) is 17.1. The van der Waals surface area contributed by atoms with Gasteiger partial charge in [-0.2, -0.15) is 0 Å². The molecule has 0 atom stereocenters. The Hall–Kier alpha value is -2.64. The number of amides is 1. The van der Waals surface area contributed by atoms with Crippen molar-refractivity contribution in [1.29, 1.82) is 0 Å². The first-order valence-corrected chi connectivity index (χ1v) is 7.56. The van der Waals surface area contributed by atoms with Crippen LogP contribution in [0.1, 0.15) is 16.2 Å². The Balaban J connectivity index is 1.78. The summed E-state index contributed by atoms with van der Waals surface area (Å²) in [6, 6.07) is 8.14. The summed E-state index contributed by atoms with van der Waals surface area (Å²) in [6.45, 7) is 1.77. The standard InChI is InChI=1S/C15H11Cl2N5O2/c1-8-5-13(22-24-8)21-12-6-11(18-7-19-12)15(23)20-10-4-2-3-9(16)14(10)17/h2-7H,1H3,(H,20,23)(H,18,19,21,22). The van der Waals surface area contributed by atoms with Crippen molar-refractivity contribution in [3.8, 4) is 0 Å². The number of aromatic nitrogens is 3. The molecule has 2 N–H and O–H groups in total. The second kappa shape index (κ2) is 6.86. The number of nitrogens with zero attached hydrogens (tertiary/aromatic N) is 3. The molecule has 9 heteroatoms. The van der Waals surface area contributed by atoms with E-state index in [2.05, 4.69) is 25.8 Å². The van der Waals surface area contributed by atoms with Gasteiger partial charge in [-0.25, -0.2) is 9.97 Å². The number of carbonyl (C=O) groups excluding carboxylic acids is 1. The molecule has 0 bridgehead atoms. The number of benzene rings is 1. The van der Waals surface area contributed by atoms with E-state index < -0.39 is 5.91 Å². The smallest absolute Gasteiger partial charge is 0.274 e. The van der Waals surface area contributed by atoms with Crippen molar-refractivity contribution in [2.24, 2.45) is 0 Å². The molecule has 122 valence electrons.